The summed E-state index contributed by atoms with van der Waals surface area (Å²) in [6.45, 7) is 2.88. The van der Waals surface area contributed by atoms with Gasteiger partial charge < -0.3 is 5.32 Å². The van der Waals surface area contributed by atoms with E-state index in [1.807, 2.05) is 5.38 Å². The molecule has 0 radical (unpaired) electrons. The number of anilines is 1. The van der Waals surface area contributed by atoms with Crippen molar-refractivity contribution in [2.75, 3.05) is 5.32 Å². The number of benzene rings is 1. The number of rotatable bonds is 3. The van der Waals surface area contributed by atoms with Gasteiger partial charge in [0.05, 0.1) is 5.39 Å². The molecule has 90 valence electrons. The smallest absolute Gasteiger partial charge is 0.138 e. The van der Waals surface area contributed by atoms with Gasteiger partial charge in [-0.25, -0.2) is 9.97 Å². The number of fused-ring (bicyclic) bond motifs is 1. The molecule has 0 spiro atoms. The summed E-state index contributed by atoms with van der Waals surface area (Å²) in [4.78, 5) is 9.56. The highest BCUT2D eigenvalue weighted by molar-refractivity contribution is 7.16. The summed E-state index contributed by atoms with van der Waals surface area (Å²) in [5.41, 5.74) is 2.54. The van der Waals surface area contributed by atoms with Gasteiger partial charge in [0.25, 0.3) is 0 Å². The molecule has 0 aliphatic heterocycles. The third-order valence-corrected chi connectivity index (χ3v) is 3.62. The van der Waals surface area contributed by atoms with Crippen molar-refractivity contribution in [2.45, 2.75) is 13.5 Å². The maximum atomic E-state index is 4.30. The van der Waals surface area contributed by atoms with Crippen LogP contribution in [-0.2, 0) is 6.54 Å². The normalized spacial score (nSPS) is 10.7. The van der Waals surface area contributed by atoms with Crippen molar-refractivity contribution in [1.29, 1.82) is 0 Å². The first-order chi connectivity index (χ1) is 8.83. The van der Waals surface area contributed by atoms with Crippen LogP contribution in [0.1, 0.15) is 11.1 Å². The van der Waals surface area contributed by atoms with Crippen LogP contribution in [0, 0.1) is 6.92 Å². The van der Waals surface area contributed by atoms with E-state index in [0.29, 0.717) is 0 Å². The molecule has 1 aromatic carbocycles. The molecule has 0 unspecified atom stereocenters. The molecule has 0 bridgehead atoms. The quantitative estimate of drug-likeness (QED) is 0.777. The predicted octanol–water partition coefficient (Wildman–Crippen LogP) is 3.61. The zero-order valence-electron chi connectivity index (χ0n) is 10.1. The molecule has 3 nitrogen and oxygen atoms in total. The highest BCUT2D eigenvalue weighted by Gasteiger charge is 2.03. The Morgan fingerprint density at radius 1 is 1.22 bits per heavy atom. The zero-order valence-corrected chi connectivity index (χ0v) is 10.9. The van der Waals surface area contributed by atoms with E-state index in [1.165, 1.54) is 11.1 Å². The number of hydrogen-bond acceptors (Lipinski definition) is 4. The van der Waals surface area contributed by atoms with Crippen LogP contribution in [0.15, 0.2) is 42.0 Å². The molecular weight excluding hydrogens is 242 g/mol. The van der Waals surface area contributed by atoms with Gasteiger partial charge in [0.15, 0.2) is 0 Å². The minimum atomic E-state index is 0.781. The lowest BCUT2D eigenvalue weighted by atomic mass is 10.1. The van der Waals surface area contributed by atoms with E-state index in [9.17, 15) is 0 Å². The van der Waals surface area contributed by atoms with E-state index in [2.05, 4.69) is 52.5 Å². The fourth-order valence-corrected chi connectivity index (χ4v) is 2.67. The first kappa shape index (κ1) is 11.2. The number of nitrogens with one attached hydrogen (secondary N) is 1. The number of thiophene rings is 1. The first-order valence-electron chi connectivity index (χ1n) is 5.80. The van der Waals surface area contributed by atoms with Gasteiger partial charge in [0.2, 0.25) is 0 Å². The Labute approximate surface area is 110 Å². The minimum Gasteiger partial charge on any atom is -0.365 e. The molecule has 0 saturated carbocycles. The topological polar surface area (TPSA) is 37.8 Å². The molecule has 0 atom stereocenters. The molecule has 0 aliphatic rings. The van der Waals surface area contributed by atoms with Gasteiger partial charge in [-0.05, 0) is 23.9 Å². The van der Waals surface area contributed by atoms with E-state index in [1.54, 1.807) is 17.7 Å². The number of aryl methyl sites for hydroxylation is 1. The molecule has 0 aliphatic carbocycles. The maximum Gasteiger partial charge on any atom is 0.138 e. The van der Waals surface area contributed by atoms with Crippen LogP contribution < -0.4 is 5.32 Å². The monoisotopic (exact) mass is 255 g/mol. The molecule has 0 amide bonds. The Kier molecular flexibility index (Phi) is 2.94. The van der Waals surface area contributed by atoms with E-state index in [4.69, 9.17) is 0 Å². The SMILES string of the molecule is Cc1cccc(CNc2ncnc3sccc23)c1. The van der Waals surface area contributed by atoms with Crippen LogP contribution in [0.25, 0.3) is 10.2 Å². The Balaban J connectivity index is 1.83. The fourth-order valence-electron chi connectivity index (χ4n) is 1.94. The molecule has 0 saturated heterocycles. The van der Waals surface area contributed by atoms with Crippen LogP contribution >= 0.6 is 11.3 Å². The van der Waals surface area contributed by atoms with E-state index < -0.39 is 0 Å². The minimum absolute atomic E-state index is 0.781. The molecule has 1 N–H and O–H groups in total. The van der Waals surface area contributed by atoms with E-state index >= 15 is 0 Å². The lowest BCUT2D eigenvalue weighted by Gasteiger charge is -2.07. The van der Waals surface area contributed by atoms with Gasteiger partial charge in [0.1, 0.15) is 17.0 Å². The van der Waals surface area contributed by atoms with Crippen LogP contribution in [0.5, 0.6) is 0 Å². The summed E-state index contributed by atoms with van der Waals surface area (Å²) in [7, 11) is 0. The largest absolute Gasteiger partial charge is 0.365 e. The summed E-state index contributed by atoms with van der Waals surface area (Å²) in [6, 6.07) is 10.5. The molecule has 2 aromatic heterocycles. The number of nitrogens with zero attached hydrogens (tertiary/aromatic N) is 2. The van der Waals surface area contributed by atoms with Crippen molar-refractivity contribution in [3.63, 3.8) is 0 Å². The molecule has 3 aromatic rings. The Morgan fingerprint density at radius 2 is 2.17 bits per heavy atom. The number of hydrogen-bond donors (Lipinski definition) is 1. The van der Waals surface area contributed by atoms with Crippen molar-refractivity contribution >= 4 is 27.4 Å². The summed E-state index contributed by atoms with van der Waals surface area (Å²) >= 11 is 1.63. The van der Waals surface area contributed by atoms with Crippen molar-refractivity contribution in [3.8, 4) is 0 Å². The zero-order chi connectivity index (χ0) is 12.4. The Hall–Kier alpha value is -1.94. The maximum absolute atomic E-state index is 4.30. The second-order valence-electron chi connectivity index (χ2n) is 4.20. The Bertz CT molecular complexity index is 675. The summed E-state index contributed by atoms with van der Waals surface area (Å²) < 4.78 is 0. The predicted molar refractivity (Wildman–Crippen MR) is 75.9 cm³/mol. The molecule has 2 heterocycles. The third kappa shape index (κ3) is 2.19. The summed E-state index contributed by atoms with van der Waals surface area (Å²) in [5.74, 6) is 0.905. The average molecular weight is 255 g/mol. The van der Waals surface area contributed by atoms with Crippen molar-refractivity contribution < 1.29 is 0 Å². The third-order valence-electron chi connectivity index (χ3n) is 2.80. The Morgan fingerprint density at radius 3 is 3.06 bits per heavy atom. The van der Waals surface area contributed by atoms with Crippen LogP contribution in [0.4, 0.5) is 5.82 Å². The van der Waals surface area contributed by atoms with Crippen molar-refractivity contribution in [3.05, 3.63) is 53.2 Å². The van der Waals surface area contributed by atoms with Gasteiger partial charge in [-0.2, -0.15) is 0 Å². The van der Waals surface area contributed by atoms with Crippen LogP contribution in [0.2, 0.25) is 0 Å². The van der Waals surface area contributed by atoms with Crippen LogP contribution in [0.3, 0.4) is 0 Å². The first-order valence-corrected chi connectivity index (χ1v) is 6.68. The highest BCUT2D eigenvalue weighted by Crippen LogP contribution is 2.24. The number of aromatic nitrogens is 2. The molecule has 3 rings (SSSR count). The lowest BCUT2D eigenvalue weighted by molar-refractivity contribution is 1.10. The van der Waals surface area contributed by atoms with Crippen molar-refractivity contribution in [1.82, 2.24) is 9.97 Å². The second kappa shape index (κ2) is 4.74. The van der Waals surface area contributed by atoms with Crippen molar-refractivity contribution in [2.24, 2.45) is 0 Å². The molecule has 18 heavy (non-hydrogen) atoms. The highest BCUT2D eigenvalue weighted by atomic mass is 32.1. The molecular formula is C14H13N3S. The standard InChI is InChI=1S/C14H13N3S/c1-10-3-2-4-11(7-10)8-15-13-12-5-6-18-14(12)17-9-16-13/h2-7,9H,8H2,1H3,(H,15,16,17). The van der Waals surface area contributed by atoms with Gasteiger partial charge in [-0.1, -0.05) is 29.8 Å². The van der Waals surface area contributed by atoms with Crippen LogP contribution in [-0.4, -0.2) is 9.97 Å². The summed E-state index contributed by atoms with van der Waals surface area (Å²) in [6.07, 6.45) is 1.61. The fraction of sp³-hybridized carbons (Fsp3) is 0.143. The lowest BCUT2D eigenvalue weighted by Crippen LogP contribution is -2.02. The van der Waals surface area contributed by atoms with E-state index in [0.717, 1.165) is 22.6 Å². The van der Waals surface area contributed by atoms with Gasteiger partial charge in [0, 0.05) is 6.54 Å². The second-order valence-corrected chi connectivity index (χ2v) is 5.10. The summed E-state index contributed by atoms with van der Waals surface area (Å²) in [5, 5.41) is 6.50. The van der Waals surface area contributed by atoms with Gasteiger partial charge in [-0.3, -0.25) is 0 Å². The van der Waals surface area contributed by atoms with E-state index in [-0.39, 0.29) is 0 Å². The average Bonchev–Trinajstić information content (AvgIpc) is 2.85. The van der Waals surface area contributed by atoms with Gasteiger partial charge >= 0.3 is 0 Å². The molecule has 4 heteroatoms. The molecule has 0 fully saturated rings. The van der Waals surface area contributed by atoms with Gasteiger partial charge in [-0.15, -0.1) is 11.3 Å².